The van der Waals surface area contributed by atoms with Gasteiger partial charge in [0.25, 0.3) is 0 Å². The van der Waals surface area contributed by atoms with Crippen molar-refractivity contribution in [1.82, 2.24) is 20.1 Å². The largest absolute Gasteiger partial charge is 0.342 e. The highest BCUT2D eigenvalue weighted by molar-refractivity contribution is 5.79. The number of hydrogen-bond donors (Lipinski definition) is 1. The lowest BCUT2D eigenvalue weighted by Crippen LogP contribution is -2.42. The van der Waals surface area contributed by atoms with Gasteiger partial charge in [0.05, 0.1) is 6.42 Å². The van der Waals surface area contributed by atoms with Gasteiger partial charge in [0.1, 0.15) is 6.33 Å². The first-order valence-corrected chi connectivity index (χ1v) is 6.05. The molecular weight excluding hydrogens is 228 g/mol. The minimum absolute atomic E-state index is 0.216. The zero-order chi connectivity index (χ0) is 12.4. The minimum Gasteiger partial charge on any atom is -0.342 e. The number of aromatic nitrogens is 3. The molecule has 1 aromatic heterocycles. The fourth-order valence-corrected chi connectivity index (χ4v) is 1.98. The molecule has 1 fully saturated rings. The summed E-state index contributed by atoms with van der Waals surface area (Å²) in [5.74, 6) is 0.962. The van der Waals surface area contributed by atoms with Gasteiger partial charge < -0.3 is 4.90 Å². The van der Waals surface area contributed by atoms with E-state index in [0.717, 1.165) is 36.5 Å². The number of amides is 1. The first-order valence-electron chi connectivity index (χ1n) is 6.05. The molecule has 0 spiro atoms. The quantitative estimate of drug-likeness (QED) is 0.881. The fraction of sp³-hybridized carbons (Fsp3) is 0.308. The molecule has 1 saturated heterocycles. The average molecular weight is 242 g/mol. The molecule has 0 saturated carbocycles. The number of carbonyl (C=O) groups is 1. The minimum atomic E-state index is 0.216. The van der Waals surface area contributed by atoms with Gasteiger partial charge >= 0.3 is 0 Å². The third-order valence-corrected chi connectivity index (χ3v) is 3.21. The Bertz CT molecular complexity index is 529. The summed E-state index contributed by atoms with van der Waals surface area (Å²) in [6.45, 7) is 1.82. The van der Waals surface area contributed by atoms with Crippen LogP contribution in [0, 0.1) is 0 Å². The van der Waals surface area contributed by atoms with Gasteiger partial charge in [0.2, 0.25) is 5.91 Å². The Morgan fingerprint density at radius 3 is 2.61 bits per heavy atom. The molecule has 0 bridgehead atoms. The SMILES string of the molecule is O=C(Cc1ccc(-c2ncn[nH]2)cc1)N1CCC1. The Balaban J connectivity index is 1.69. The molecule has 5 nitrogen and oxygen atoms in total. The zero-order valence-corrected chi connectivity index (χ0v) is 9.97. The highest BCUT2D eigenvalue weighted by atomic mass is 16.2. The number of likely N-dealkylation sites (tertiary alicyclic amines) is 1. The maximum absolute atomic E-state index is 11.8. The van der Waals surface area contributed by atoms with Crippen molar-refractivity contribution in [3.8, 4) is 11.4 Å². The van der Waals surface area contributed by atoms with Crippen LogP contribution in [0.5, 0.6) is 0 Å². The van der Waals surface area contributed by atoms with Crippen LogP contribution in [0.2, 0.25) is 0 Å². The second kappa shape index (κ2) is 4.60. The standard InChI is InChI=1S/C13H14N4O/c18-12(17-6-1-7-17)8-10-2-4-11(5-3-10)13-14-9-15-16-13/h2-5,9H,1,6-8H2,(H,14,15,16). The molecule has 18 heavy (non-hydrogen) atoms. The van der Waals surface area contributed by atoms with E-state index in [0.29, 0.717) is 6.42 Å². The summed E-state index contributed by atoms with van der Waals surface area (Å²) in [5.41, 5.74) is 2.02. The molecule has 0 aliphatic carbocycles. The monoisotopic (exact) mass is 242 g/mol. The van der Waals surface area contributed by atoms with Crippen molar-refractivity contribution in [3.05, 3.63) is 36.2 Å². The highest BCUT2D eigenvalue weighted by Gasteiger charge is 2.19. The molecule has 1 aliphatic rings. The molecular formula is C13H14N4O. The first kappa shape index (κ1) is 11.0. The topological polar surface area (TPSA) is 61.9 Å². The summed E-state index contributed by atoms with van der Waals surface area (Å²) >= 11 is 0. The van der Waals surface area contributed by atoms with Crippen LogP contribution in [-0.4, -0.2) is 39.1 Å². The molecule has 1 aromatic carbocycles. The number of benzene rings is 1. The molecule has 92 valence electrons. The van der Waals surface area contributed by atoms with Crippen molar-refractivity contribution in [2.24, 2.45) is 0 Å². The van der Waals surface area contributed by atoms with Crippen LogP contribution in [0.3, 0.4) is 0 Å². The number of hydrogen-bond acceptors (Lipinski definition) is 3. The third-order valence-electron chi connectivity index (χ3n) is 3.21. The summed E-state index contributed by atoms with van der Waals surface area (Å²) in [4.78, 5) is 17.8. The van der Waals surface area contributed by atoms with E-state index in [9.17, 15) is 4.79 Å². The van der Waals surface area contributed by atoms with Crippen molar-refractivity contribution in [2.75, 3.05) is 13.1 Å². The second-order valence-electron chi connectivity index (χ2n) is 4.44. The smallest absolute Gasteiger partial charge is 0.226 e. The van der Waals surface area contributed by atoms with Gasteiger partial charge in [-0.1, -0.05) is 24.3 Å². The van der Waals surface area contributed by atoms with E-state index in [1.165, 1.54) is 6.33 Å². The molecule has 1 amide bonds. The molecule has 0 unspecified atom stereocenters. The lowest BCUT2D eigenvalue weighted by Gasteiger charge is -2.30. The number of aromatic amines is 1. The molecule has 1 N–H and O–H groups in total. The van der Waals surface area contributed by atoms with Crippen LogP contribution < -0.4 is 0 Å². The fourth-order valence-electron chi connectivity index (χ4n) is 1.98. The van der Waals surface area contributed by atoms with Crippen LogP contribution in [0.25, 0.3) is 11.4 Å². The Morgan fingerprint density at radius 1 is 1.28 bits per heavy atom. The Kier molecular flexibility index (Phi) is 2.80. The van der Waals surface area contributed by atoms with Crippen molar-refractivity contribution < 1.29 is 4.79 Å². The number of H-pyrrole nitrogens is 1. The Labute approximate surface area is 105 Å². The van der Waals surface area contributed by atoms with Gasteiger partial charge in [-0.05, 0) is 12.0 Å². The lowest BCUT2D eigenvalue weighted by molar-refractivity contribution is -0.133. The molecule has 2 heterocycles. The van der Waals surface area contributed by atoms with Crippen LogP contribution in [0.15, 0.2) is 30.6 Å². The molecule has 1 aliphatic heterocycles. The third kappa shape index (κ3) is 2.11. The van der Waals surface area contributed by atoms with E-state index in [1.807, 2.05) is 29.2 Å². The first-order chi connectivity index (χ1) is 8.83. The Morgan fingerprint density at radius 2 is 2.06 bits per heavy atom. The average Bonchev–Trinajstić information content (AvgIpc) is 2.81. The van der Waals surface area contributed by atoms with Gasteiger partial charge in [-0.15, -0.1) is 0 Å². The lowest BCUT2D eigenvalue weighted by atomic mass is 10.1. The molecule has 0 radical (unpaired) electrons. The van der Waals surface area contributed by atoms with E-state index in [4.69, 9.17) is 0 Å². The van der Waals surface area contributed by atoms with Crippen molar-refractivity contribution in [2.45, 2.75) is 12.8 Å². The predicted molar refractivity (Wildman–Crippen MR) is 66.7 cm³/mol. The summed E-state index contributed by atoms with van der Waals surface area (Å²) in [5, 5.41) is 6.63. The second-order valence-corrected chi connectivity index (χ2v) is 4.44. The van der Waals surface area contributed by atoms with Crippen LogP contribution in [0.1, 0.15) is 12.0 Å². The van der Waals surface area contributed by atoms with Crippen LogP contribution >= 0.6 is 0 Å². The summed E-state index contributed by atoms with van der Waals surface area (Å²) in [6.07, 6.45) is 3.10. The highest BCUT2D eigenvalue weighted by Crippen LogP contribution is 2.16. The van der Waals surface area contributed by atoms with Crippen LogP contribution in [0.4, 0.5) is 0 Å². The number of nitrogens with one attached hydrogen (secondary N) is 1. The normalized spacial score (nSPS) is 14.3. The van der Waals surface area contributed by atoms with Gasteiger partial charge in [-0.25, -0.2) is 4.98 Å². The van der Waals surface area contributed by atoms with E-state index < -0.39 is 0 Å². The van der Waals surface area contributed by atoms with Gasteiger partial charge in [0.15, 0.2) is 5.82 Å². The van der Waals surface area contributed by atoms with E-state index in [2.05, 4.69) is 15.2 Å². The van der Waals surface area contributed by atoms with Crippen molar-refractivity contribution >= 4 is 5.91 Å². The number of nitrogens with zero attached hydrogens (tertiary/aromatic N) is 3. The molecule has 5 heteroatoms. The van der Waals surface area contributed by atoms with Gasteiger partial charge in [-0.2, -0.15) is 5.10 Å². The van der Waals surface area contributed by atoms with Gasteiger partial charge in [0, 0.05) is 18.7 Å². The number of carbonyl (C=O) groups excluding carboxylic acids is 1. The van der Waals surface area contributed by atoms with Crippen molar-refractivity contribution in [3.63, 3.8) is 0 Å². The summed E-state index contributed by atoms with van der Waals surface area (Å²) in [7, 11) is 0. The van der Waals surface area contributed by atoms with Gasteiger partial charge in [-0.3, -0.25) is 9.89 Å². The summed E-state index contributed by atoms with van der Waals surface area (Å²) < 4.78 is 0. The van der Waals surface area contributed by atoms with Crippen LogP contribution in [-0.2, 0) is 11.2 Å². The van der Waals surface area contributed by atoms with Crippen molar-refractivity contribution in [1.29, 1.82) is 0 Å². The summed E-state index contributed by atoms with van der Waals surface area (Å²) in [6, 6.07) is 7.85. The van der Waals surface area contributed by atoms with E-state index >= 15 is 0 Å². The number of rotatable bonds is 3. The zero-order valence-electron chi connectivity index (χ0n) is 9.97. The maximum atomic E-state index is 11.8. The predicted octanol–water partition coefficient (Wildman–Crippen LogP) is 1.25. The maximum Gasteiger partial charge on any atom is 0.226 e. The van der Waals surface area contributed by atoms with E-state index in [1.54, 1.807) is 0 Å². The molecule has 2 aromatic rings. The molecule has 3 rings (SSSR count). The Hall–Kier alpha value is -2.17. The molecule has 0 atom stereocenters. The van der Waals surface area contributed by atoms with E-state index in [-0.39, 0.29) is 5.91 Å².